The second-order valence-corrected chi connectivity index (χ2v) is 6.54. The quantitative estimate of drug-likeness (QED) is 0.777. The molecule has 3 N–H and O–H groups in total. The van der Waals surface area contributed by atoms with E-state index in [0.29, 0.717) is 0 Å². The van der Waals surface area contributed by atoms with Gasteiger partial charge in [-0.15, -0.1) is 11.3 Å². The van der Waals surface area contributed by atoms with Crippen molar-refractivity contribution in [2.45, 2.75) is 32.9 Å². The minimum Gasteiger partial charge on any atom is -0.341 e. The Morgan fingerprint density at radius 1 is 1.17 bits per heavy atom. The highest BCUT2D eigenvalue weighted by atomic mass is 32.1. The Hall–Kier alpha value is -2.25. The first kappa shape index (κ1) is 18.1. The van der Waals surface area contributed by atoms with Crippen molar-refractivity contribution in [3.8, 4) is 10.6 Å². The number of nitrogens with one attached hydrogen (secondary N) is 3. The van der Waals surface area contributed by atoms with Gasteiger partial charge in [0.05, 0.1) is 11.7 Å². The number of imide groups is 1. The van der Waals surface area contributed by atoms with Crippen LogP contribution in [-0.2, 0) is 4.79 Å². The molecule has 1 aromatic carbocycles. The monoisotopic (exact) mass is 346 g/mol. The summed E-state index contributed by atoms with van der Waals surface area (Å²) in [4.78, 5) is 28.9. The second-order valence-electron chi connectivity index (χ2n) is 5.51. The van der Waals surface area contributed by atoms with Crippen LogP contribution >= 0.6 is 11.3 Å². The molecule has 0 bridgehead atoms. The van der Waals surface area contributed by atoms with Crippen molar-refractivity contribution in [3.05, 3.63) is 40.9 Å². The van der Waals surface area contributed by atoms with Gasteiger partial charge in [0.15, 0.2) is 0 Å². The molecule has 0 aliphatic carbocycles. The average Bonchev–Trinajstić information content (AvgIpc) is 2.97. The Bertz CT molecular complexity index is 715. The highest BCUT2D eigenvalue weighted by Gasteiger charge is 2.21. The lowest BCUT2D eigenvalue weighted by molar-refractivity contribution is -0.121. The van der Waals surface area contributed by atoms with Gasteiger partial charge in [-0.1, -0.05) is 30.3 Å². The Morgan fingerprint density at radius 2 is 1.83 bits per heavy atom. The number of amides is 3. The van der Waals surface area contributed by atoms with Crippen LogP contribution in [0.1, 0.15) is 30.5 Å². The van der Waals surface area contributed by atoms with Gasteiger partial charge in [0.1, 0.15) is 5.01 Å². The highest BCUT2D eigenvalue weighted by Crippen LogP contribution is 2.31. The molecule has 3 amide bonds. The average molecular weight is 346 g/mol. The minimum absolute atomic E-state index is 0.0506. The molecule has 0 radical (unpaired) electrons. The summed E-state index contributed by atoms with van der Waals surface area (Å²) in [6.45, 7) is 5.67. The summed E-state index contributed by atoms with van der Waals surface area (Å²) in [5.41, 5.74) is 2.02. The number of rotatable bonds is 5. The number of thiazole rings is 1. The van der Waals surface area contributed by atoms with Crippen molar-refractivity contribution in [2.75, 3.05) is 7.05 Å². The van der Waals surface area contributed by atoms with E-state index < -0.39 is 12.1 Å². The maximum atomic E-state index is 11.9. The van der Waals surface area contributed by atoms with Crippen LogP contribution in [0, 0.1) is 6.92 Å². The van der Waals surface area contributed by atoms with E-state index in [1.807, 2.05) is 44.2 Å². The van der Waals surface area contributed by atoms with E-state index in [2.05, 4.69) is 20.9 Å². The summed E-state index contributed by atoms with van der Waals surface area (Å²) in [6, 6.07) is 8.93. The standard InChI is InChI=1S/C17H22N4O2S/c1-10(19-12(3)15(22)21-17(23)18-4)14-11(2)20-16(24-14)13-8-6-5-7-9-13/h5-10,12,19H,1-4H3,(H2,18,21,22,23)/t10-,12-/m0/s1. The zero-order valence-corrected chi connectivity index (χ0v) is 15.0. The van der Waals surface area contributed by atoms with E-state index in [1.54, 1.807) is 18.3 Å². The first-order valence-electron chi connectivity index (χ1n) is 7.73. The number of aromatic nitrogens is 1. The molecule has 0 aliphatic heterocycles. The van der Waals surface area contributed by atoms with Gasteiger partial charge in [-0.05, 0) is 20.8 Å². The molecular weight excluding hydrogens is 324 g/mol. The molecule has 2 rings (SSSR count). The lowest BCUT2D eigenvalue weighted by Crippen LogP contribution is -2.47. The fourth-order valence-electron chi connectivity index (χ4n) is 2.32. The molecule has 0 fully saturated rings. The van der Waals surface area contributed by atoms with Crippen LogP contribution in [0.25, 0.3) is 10.6 Å². The van der Waals surface area contributed by atoms with Crippen molar-refractivity contribution in [3.63, 3.8) is 0 Å². The number of benzene rings is 1. The maximum Gasteiger partial charge on any atom is 0.321 e. The Morgan fingerprint density at radius 3 is 2.46 bits per heavy atom. The number of aryl methyl sites for hydroxylation is 1. The number of hydrogen-bond donors (Lipinski definition) is 3. The normalized spacial score (nSPS) is 13.2. The Kier molecular flexibility index (Phi) is 6.05. The van der Waals surface area contributed by atoms with Crippen molar-refractivity contribution in [1.29, 1.82) is 0 Å². The van der Waals surface area contributed by atoms with Gasteiger partial charge in [-0.3, -0.25) is 15.4 Å². The largest absolute Gasteiger partial charge is 0.341 e. The van der Waals surface area contributed by atoms with Gasteiger partial charge in [-0.2, -0.15) is 0 Å². The third-order valence-corrected chi connectivity index (χ3v) is 4.99. The summed E-state index contributed by atoms with van der Waals surface area (Å²) < 4.78 is 0. The molecule has 7 heteroatoms. The van der Waals surface area contributed by atoms with Crippen LogP contribution in [0.2, 0.25) is 0 Å². The van der Waals surface area contributed by atoms with Crippen molar-refractivity contribution in [1.82, 2.24) is 20.9 Å². The van der Waals surface area contributed by atoms with Crippen LogP contribution in [0.5, 0.6) is 0 Å². The number of hydrogen-bond acceptors (Lipinski definition) is 5. The van der Waals surface area contributed by atoms with E-state index in [0.717, 1.165) is 21.1 Å². The van der Waals surface area contributed by atoms with Gasteiger partial charge >= 0.3 is 6.03 Å². The molecule has 6 nitrogen and oxygen atoms in total. The van der Waals surface area contributed by atoms with Crippen molar-refractivity contribution in [2.24, 2.45) is 0 Å². The molecule has 0 aliphatic rings. The minimum atomic E-state index is -0.512. The topological polar surface area (TPSA) is 83.1 Å². The molecule has 128 valence electrons. The van der Waals surface area contributed by atoms with E-state index in [1.165, 1.54) is 7.05 Å². The first-order chi connectivity index (χ1) is 11.4. The Balaban J connectivity index is 2.07. The first-order valence-corrected chi connectivity index (χ1v) is 8.55. The number of nitrogens with zero attached hydrogens (tertiary/aromatic N) is 1. The summed E-state index contributed by atoms with van der Waals surface area (Å²) >= 11 is 1.61. The van der Waals surface area contributed by atoms with Crippen molar-refractivity contribution < 1.29 is 9.59 Å². The van der Waals surface area contributed by atoms with E-state index >= 15 is 0 Å². The van der Waals surface area contributed by atoms with E-state index in [9.17, 15) is 9.59 Å². The summed E-state index contributed by atoms with van der Waals surface area (Å²) in [5.74, 6) is -0.369. The SMILES string of the molecule is CNC(=O)NC(=O)[C@H](C)N[C@@H](C)c1sc(-c2ccccc2)nc1C. The molecule has 2 aromatic rings. The van der Waals surface area contributed by atoms with Gasteiger partial charge in [0, 0.05) is 23.5 Å². The zero-order chi connectivity index (χ0) is 17.7. The van der Waals surface area contributed by atoms with Crippen molar-refractivity contribution >= 4 is 23.3 Å². The molecule has 0 unspecified atom stereocenters. The summed E-state index contributed by atoms with van der Waals surface area (Å²) in [7, 11) is 1.47. The fourth-order valence-corrected chi connectivity index (χ4v) is 3.41. The van der Waals surface area contributed by atoms with E-state index in [4.69, 9.17) is 0 Å². The van der Waals surface area contributed by atoms with Crippen LogP contribution in [0.15, 0.2) is 30.3 Å². The number of carbonyl (C=O) groups excluding carboxylic acids is 2. The molecule has 1 heterocycles. The van der Waals surface area contributed by atoms with Gasteiger partial charge in [-0.25, -0.2) is 9.78 Å². The van der Waals surface area contributed by atoms with Gasteiger partial charge in [0.2, 0.25) is 5.91 Å². The Labute approximate surface area is 145 Å². The van der Waals surface area contributed by atoms with Crippen LogP contribution < -0.4 is 16.0 Å². The predicted octanol–water partition coefficient (Wildman–Crippen LogP) is 2.61. The fraction of sp³-hybridized carbons (Fsp3) is 0.353. The van der Waals surface area contributed by atoms with E-state index in [-0.39, 0.29) is 11.9 Å². The third kappa shape index (κ3) is 4.39. The van der Waals surface area contributed by atoms with Gasteiger partial charge in [0.25, 0.3) is 0 Å². The molecular formula is C17H22N4O2S. The van der Waals surface area contributed by atoms with Crippen LogP contribution in [0.4, 0.5) is 4.79 Å². The lowest BCUT2D eigenvalue weighted by Gasteiger charge is -2.18. The summed E-state index contributed by atoms with van der Waals surface area (Å²) in [5, 5.41) is 8.79. The summed E-state index contributed by atoms with van der Waals surface area (Å²) in [6.07, 6.45) is 0. The van der Waals surface area contributed by atoms with Crippen LogP contribution in [-0.4, -0.2) is 30.0 Å². The molecule has 2 atom stereocenters. The number of carbonyl (C=O) groups is 2. The smallest absolute Gasteiger partial charge is 0.321 e. The molecule has 1 aromatic heterocycles. The third-order valence-electron chi connectivity index (χ3n) is 3.60. The molecule has 0 saturated heterocycles. The van der Waals surface area contributed by atoms with Gasteiger partial charge < -0.3 is 5.32 Å². The zero-order valence-electron chi connectivity index (χ0n) is 14.2. The molecule has 0 saturated carbocycles. The molecule has 0 spiro atoms. The van der Waals surface area contributed by atoms with Crippen LogP contribution in [0.3, 0.4) is 0 Å². The molecule has 24 heavy (non-hydrogen) atoms. The lowest BCUT2D eigenvalue weighted by atomic mass is 10.2. The highest BCUT2D eigenvalue weighted by molar-refractivity contribution is 7.15. The number of urea groups is 1. The predicted molar refractivity (Wildman–Crippen MR) is 95.9 cm³/mol. The maximum absolute atomic E-state index is 11.9. The second kappa shape index (κ2) is 8.03.